The lowest BCUT2D eigenvalue weighted by Gasteiger charge is -1.98. The van der Waals surface area contributed by atoms with Crippen LogP contribution in [-0.4, -0.2) is 16.2 Å². The molecule has 0 atom stereocenters. The van der Waals surface area contributed by atoms with Gasteiger partial charge in [-0.15, -0.1) is 0 Å². The van der Waals surface area contributed by atoms with Gasteiger partial charge in [0, 0.05) is 7.05 Å². The second-order valence-electron chi connectivity index (χ2n) is 2.84. The molecule has 0 radical (unpaired) electrons. The molecule has 0 saturated heterocycles. The van der Waals surface area contributed by atoms with Gasteiger partial charge in [0.25, 0.3) is 0 Å². The van der Waals surface area contributed by atoms with E-state index < -0.39 is 0 Å². The molecule has 1 aromatic heterocycles. The molecular weight excluding hydrogens is 168 g/mol. The summed E-state index contributed by atoms with van der Waals surface area (Å²) in [5.41, 5.74) is 7.18. The van der Waals surface area contributed by atoms with Gasteiger partial charge < -0.3 is 11.1 Å². The zero-order valence-electron chi connectivity index (χ0n) is 7.87. The van der Waals surface area contributed by atoms with Gasteiger partial charge in [0.1, 0.15) is 0 Å². The van der Waals surface area contributed by atoms with E-state index in [1.807, 2.05) is 0 Å². The second-order valence-corrected chi connectivity index (χ2v) is 2.84. The van der Waals surface area contributed by atoms with Crippen molar-refractivity contribution in [2.24, 2.45) is 7.05 Å². The first-order valence-electron chi connectivity index (χ1n) is 4.22. The predicted molar refractivity (Wildman–Crippen MR) is 51.3 cm³/mol. The summed E-state index contributed by atoms with van der Waals surface area (Å²) in [6, 6.07) is 0. The highest BCUT2D eigenvalue weighted by Gasteiger charge is 2.11. The van der Waals surface area contributed by atoms with Gasteiger partial charge in [0.05, 0.1) is 11.4 Å². The fraction of sp³-hybridized carbons (Fsp3) is 0.500. The summed E-state index contributed by atoms with van der Waals surface area (Å²) in [5.74, 6) is 0.568. The summed E-state index contributed by atoms with van der Waals surface area (Å²) in [5, 5.41) is 6.71. The van der Waals surface area contributed by atoms with E-state index in [1.165, 1.54) is 0 Å². The van der Waals surface area contributed by atoms with Gasteiger partial charge in [-0.1, -0.05) is 13.3 Å². The first-order valence-corrected chi connectivity index (χ1v) is 4.22. The molecule has 72 valence electrons. The quantitative estimate of drug-likeness (QED) is 0.667. The average molecular weight is 182 g/mol. The van der Waals surface area contributed by atoms with E-state index in [9.17, 15) is 4.79 Å². The van der Waals surface area contributed by atoms with E-state index in [2.05, 4.69) is 17.3 Å². The number of nitrogens with two attached hydrogens (primary N) is 1. The lowest BCUT2D eigenvalue weighted by molar-refractivity contribution is -0.105. The van der Waals surface area contributed by atoms with Crippen LogP contribution in [0.4, 0.5) is 11.5 Å². The van der Waals surface area contributed by atoms with Gasteiger partial charge in [-0.05, 0) is 6.42 Å². The first kappa shape index (κ1) is 9.57. The molecule has 0 bridgehead atoms. The number of hydrogen-bond donors (Lipinski definition) is 2. The van der Waals surface area contributed by atoms with Crippen molar-refractivity contribution in [1.29, 1.82) is 0 Å². The molecule has 1 aromatic rings. The largest absolute Gasteiger partial charge is 0.394 e. The van der Waals surface area contributed by atoms with Crippen LogP contribution in [-0.2, 0) is 18.3 Å². The molecule has 0 unspecified atom stereocenters. The number of nitrogen functional groups attached to an aromatic ring is 1. The van der Waals surface area contributed by atoms with Crippen molar-refractivity contribution in [1.82, 2.24) is 9.78 Å². The maximum atomic E-state index is 10.2. The van der Waals surface area contributed by atoms with E-state index >= 15 is 0 Å². The number of hydrogen-bond acceptors (Lipinski definition) is 3. The molecule has 0 aliphatic rings. The van der Waals surface area contributed by atoms with Gasteiger partial charge in [-0.3, -0.25) is 9.48 Å². The fourth-order valence-corrected chi connectivity index (χ4v) is 1.24. The normalized spacial score (nSPS) is 10.0. The van der Waals surface area contributed by atoms with Crippen molar-refractivity contribution in [2.45, 2.75) is 19.8 Å². The van der Waals surface area contributed by atoms with Crippen LogP contribution in [0, 0.1) is 0 Å². The first-order chi connectivity index (χ1) is 6.20. The summed E-state index contributed by atoms with van der Waals surface area (Å²) >= 11 is 0. The molecule has 1 rings (SSSR count). The predicted octanol–water partition coefficient (Wildman–Crippen LogP) is 0.523. The van der Waals surface area contributed by atoms with E-state index in [0.29, 0.717) is 17.9 Å². The van der Waals surface area contributed by atoms with Crippen molar-refractivity contribution >= 4 is 17.9 Å². The Bertz CT molecular complexity index is 305. The summed E-state index contributed by atoms with van der Waals surface area (Å²) < 4.78 is 1.58. The molecule has 0 aromatic carbocycles. The van der Waals surface area contributed by atoms with Gasteiger partial charge in [0.2, 0.25) is 6.41 Å². The SMILES string of the molecule is CCCc1nn(C)c(NC=O)c1N. The molecule has 0 spiro atoms. The van der Waals surface area contributed by atoms with E-state index in [0.717, 1.165) is 18.5 Å². The van der Waals surface area contributed by atoms with Crippen LogP contribution in [0.5, 0.6) is 0 Å². The third-order valence-electron chi connectivity index (χ3n) is 1.84. The molecule has 0 fully saturated rings. The van der Waals surface area contributed by atoms with E-state index in [-0.39, 0.29) is 0 Å². The highest BCUT2D eigenvalue weighted by atomic mass is 16.1. The second kappa shape index (κ2) is 3.93. The summed E-state index contributed by atoms with van der Waals surface area (Å²) in [6.45, 7) is 2.06. The van der Waals surface area contributed by atoms with Crippen molar-refractivity contribution in [3.05, 3.63) is 5.69 Å². The number of aryl methyl sites for hydroxylation is 2. The number of carbonyl (C=O) groups is 1. The van der Waals surface area contributed by atoms with E-state index in [1.54, 1.807) is 11.7 Å². The van der Waals surface area contributed by atoms with Crippen LogP contribution in [0.15, 0.2) is 0 Å². The Morgan fingerprint density at radius 1 is 1.69 bits per heavy atom. The van der Waals surface area contributed by atoms with Gasteiger partial charge in [0.15, 0.2) is 5.82 Å². The Labute approximate surface area is 76.9 Å². The lowest BCUT2D eigenvalue weighted by Crippen LogP contribution is -2.03. The third kappa shape index (κ3) is 1.80. The molecule has 0 aliphatic heterocycles. The van der Waals surface area contributed by atoms with Crippen LogP contribution in [0.25, 0.3) is 0 Å². The number of aromatic nitrogens is 2. The molecule has 5 nitrogen and oxygen atoms in total. The van der Waals surface area contributed by atoms with E-state index in [4.69, 9.17) is 5.73 Å². The Kier molecular flexibility index (Phi) is 2.89. The number of carbonyl (C=O) groups excluding carboxylic acids is 1. The van der Waals surface area contributed by atoms with Crippen molar-refractivity contribution in [3.8, 4) is 0 Å². The van der Waals surface area contributed by atoms with Crippen molar-refractivity contribution in [3.63, 3.8) is 0 Å². The Hall–Kier alpha value is -1.52. The van der Waals surface area contributed by atoms with Crippen LogP contribution in [0.1, 0.15) is 19.0 Å². The highest BCUT2D eigenvalue weighted by molar-refractivity contribution is 5.78. The number of rotatable bonds is 4. The molecule has 3 N–H and O–H groups in total. The Morgan fingerprint density at radius 3 is 2.92 bits per heavy atom. The highest BCUT2D eigenvalue weighted by Crippen LogP contribution is 2.21. The molecule has 0 saturated carbocycles. The summed E-state index contributed by atoms with van der Waals surface area (Å²) in [4.78, 5) is 10.2. The summed E-state index contributed by atoms with van der Waals surface area (Å²) in [7, 11) is 1.75. The zero-order valence-corrected chi connectivity index (χ0v) is 7.87. The topological polar surface area (TPSA) is 72.9 Å². The summed E-state index contributed by atoms with van der Waals surface area (Å²) in [6.07, 6.45) is 2.42. The molecule has 5 heteroatoms. The number of amides is 1. The Balaban J connectivity index is 2.99. The van der Waals surface area contributed by atoms with Crippen LogP contribution in [0.3, 0.4) is 0 Å². The zero-order chi connectivity index (χ0) is 9.84. The minimum atomic E-state index is 0.566. The fourth-order valence-electron chi connectivity index (χ4n) is 1.24. The Morgan fingerprint density at radius 2 is 2.38 bits per heavy atom. The third-order valence-corrected chi connectivity index (χ3v) is 1.84. The minimum Gasteiger partial charge on any atom is -0.394 e. The smallest absolute Gasteiger partial charge is 0.212 e. The molecule has 1 amide bonds. The molecular formula is C8H14N4O. The average Bonchev–Trinajstić information content (AvgIpc) is 2.34. The standard InChI is InChI=1S/C8H14N4O/c1-3-4-6-7(9)8(10-5-13)12(2)11-6/h5H,3-4,9H2,1-2H3,(H,10,13). The van der Waals surface area contributed by atoms with Gasteiger partial charge in [-0.25, -0.2) is 0 Å². The van der Waals surface area contributed by atoms with Gasteiger partial charge in [-0.2, -0.15) is 5.10 Å². The lowest BCUT2D eigenvalue weighted by atomic mass is 10.2. The molecule has 1 heterocycles. The molecule has 13 heavy (non-hydrogen) atoms. The van der Waals surface area contributed by atoms with Crippen molar-refractivity contribution < 1.29 is 4.79 Å². The maximum Gasteiger partial charge on any atom is 0.212 e. The maximum absolute atomic E-state index is 10.2. The monoisotopic (exact) mass is 182 g/mol. The number of anilines is 2. The minimum absolute atomic E-state index is 0.566. The number of nitrogens with one attached hydrogen (secondary N) is 1. The van der Waals surface area contributed by atoms with Crippen LogP contribution < -0.4 is 11.1 Å². The van der Waals surface area contributed by atoms with Crippen molar-refractivity contribution in [2.75, 3.05) is 11.1 Å². The van der Waals surface area contributed by atoms with Crippen LogP contribution >= 0.6 is 0 Å². The number of nitrogens with zero attached hydrogens (tertiary/aromatic N) is 2. The van der Waals surface area contributed by atoms with Crippen LogP contribution in [0.2, 0.25) is 0 Å². The molecule has 0 aliphatic carbocycles. The van der Waals surface area contributed by atoms with Gasteiger partial charge >= 0.3 is 0 Å².